The van der Waals surface area contributed by atoms with Gasteiger partial charge in [0.05, 0.1) is 5.92 Å². The molecule has 0 bridgehead atoms. The SMILES string of the molecule is CC(C)(C)OC(=O)CC1CCN(c2ccc(C3CCC(=O)NC3=O)cc2)CC1. The molecular formula is C22H30N2O4. The van der Waals surface area contributed by atoms with Crippen LogP contribution in [0.15, 0.2) is 24.3 Å². The van der Waals surface area contributed by atoms with Crippen LogP contribution in [0.1, 0.15) is 64.4 Å². The molecule has 1 aromatic carbocycles. The van der Waals surface area contributed by atoms with E-state index in [1.54, 1.807) is 0 Å². The number of ether oxygens (including phenoxy) is 1. The first kappa shape index (κ1) is 20.4. The normalized spacial score (nSPS) is 21.4. The van der Waals surface area contributed by atoms with E-state index < -0.39 is 5.60 Å². The van der Waals surface area contributed by atoms with E-state index >= 15 is 0 Å². The minimum Gasteiger partial charge on any atom is -0.460 e. The molecule has 1 N–H and O–H groups in total. The average Bonchev–Trinajstić information content (AvgIpc) is 2.61. The van der Waals surface area contributed by atoms with Gasteiger partial charge in [0.1, 0.15) is 5.60 Å². The number of hydrogen-bond acceptors (Lipinski definition) is 5. The second-order valence-corrected chi connectivity index (χ2v) is 8.82. The summed E-state index contributed by atoms with van der Waals surface area (Å²) in [7, 11) is 0. The van der Waals surface area contributed by atoms with Crippen molar-refractivity contribution in [3.05, 3.63) is 29.8 Å². The zero-order chi connectivity index (χ0) is 20.3. The summed E-state index contributed by atoms with van der Waals surface area (Å²) in [5.41, 5.74) is 1.66. The molecule has 0 aliphatic carbocycles. The molecule has 1 aromatic rings. The van der Waals surface area contributed by atoms with E-state index in [-0.39, 0.29) is 23.7 Å². The minimum absolute atomic E-state index is 0.112. The molecule has 152 valence electrons. The largest absolute Gasteiger partial charge is 0.460 e. The number of imide groups is 1. The van der Waals surface area contributed by atoms with Gasteiger partial charge in [-0.15, -0.1) is 0 Å². The topological polar surface area (TPSA) is 75.7 Å². The predicted molar refractivity (Wildman–Crippen MR) is 107 cm³/mol. The Balaban J connectivity index is 1.51. The summed E-state index contributed by atoms with van der Waals surface area (Å²) in [4.78, 5) is 37.7. The quantitative estimate of drug-likeness (QED) is 0.635. The highest BCUT2D eigenvalue weighted by Crippen LogP contribution is 2.29. The van der Waals surface area contributed by atoms with Crippen LogP contribution >= 0.6 is 0 Å². The smallest absolute Gasteiger partial charge is 0.306 e. The Morgan fingerprint density at radius 3 is 2.32 bits per heavy atom. The molecule has 2 fully saturated rings. The maximum absolute atomic E-state index is 12.0. The van der Waals surface area contributed by atoms with E-state index in [0.717, 1.165) is 37.2 Å². The number of amides is 2. The third-order valence-electron chi connectivity index (χ3n) is 5.39. The van der Waals surface area contributed by atoms with Gasteiger partial charge in [0.2, 0.25) is 11.8 Å². The van der Waals surface area contributed by atoms with Crippen molar-refractivity contribution in [2.24, 2.45) is 5.92 Å². The fraction of sp³-hybridized carbons (Fsp3) is 0.591. The summed E-state index contributed by atoms with van der Waals surface area (Å²) in [6, 6.07) is 8.07. The van der Waals surface area contributed by atoms with E-state index in [2.05, 4.69) is 10.2 Å². The van der Waals surface area contributed by atoms with Crippen LogP contribution in [0.2, 0.25) is 0 Å². The fourth-order valence-electron chi connectivity index (χ4n) is 3.94. The van der Waals surface area contributed by atoms with Gasteiger partial charge in [0.15, 0.2) is 0 Å². The van der Waals surface area contributed by atoms with E-state index in [1.807, 2.05) is 45.0 Å². The Morgan fingerprint density at radius 2 is 1.75 bits per heavy atom. The van der Waals surface area contributed by atoms with E-state index in [0.29, 0.717) is 25.2 Å². The molecule has 0 aromatic heterocycles. The van der Waals surface area contributed by atoms with Crippen molar-refractivity contribution in [3.8, 4) is 0 Å². The predicted octanol–water partition coefficient (Wildman–Crippen LogP) is 3.16. The molecule has 28 heavy (non-hydrogen) atoms. The van der Waals surface area contributed by atoms with Gasteiger partial charge < -0.3 is 9.64 Å². The number of rotatable bonds is 4. The van der Waals surface area contributed by atoms with E-state index in [1.165, 1.54) is 0 Å². The molecule has 0 saturated carbocycles. The first-order chi connectivity index (χ1) is 13.2. The number of piperidine rings is 2. The Bertz CT molecular complexity index is 728. The first-order valence-corrected chi connectivity index (χ1v) is 10.1. The van der Waals surface area contributed by atoms with Crippen molar-refractivity contribution in [3.63, 3.8) is 0 Å². The van der Waals surface area contributed by atoms with Crippen LogP contribution in [-0.2, 0) is 19.1 Å². The van der Waals surface area contributed by atoms with Gasteiger partial charge in [-0.05, 0) is 63.6 Å². The molecule has 2 heterocycles. The Hall–Kier alpha value is -2.37. The van der Waals surface area contributed by atoms with Crippen LogP contribution in [0.4, 0.5) is 5.69 Å². The fourth-order valence-corrected chi connectivity index (χ4v) is 3.94. The maximum Gasteiger partial charge on any atom is 0.306 e. The molecule has 2 aliphatic heterocycles. The summed E-state index contributed by atoms with van der Waals surface area (Å²) in [5.74, 6) is -0.376. The van der Waals surface area contributed by atoms with Crippen molar-refractivity contribution in [1.82, 2.24) is 5.32 Å². The summed E-state index contributed by atoms with van der Waals surface area (Å²) in [5, 5.41) is 2.41. The number of esters is 1. The summed E-state index contributed by atoms with van der Waals surface area (Å²) in [6.45, 7) is 7.50. The Morgan fingerprint density at radius 1 is 1.11 bits per heavy atom. The zero-order valence-corrected chi connectivity index (χ0v) is 17.0. The third-order valence-corrected chi connectivity index (χ3v) is 5.39. The highest BCUT2D eigenvalue weighted by molar-refractivity contribution is 6.00. The van der Waals surface area contributed by atoms with E-state index in [9.17, 15) is 14.4 Å². The van der Waals surface area contributed by atoms with Crippen LogP contribution < -0.4 is 10.2 Å². The zero-order valence-electron chi connectivity index (χ0n) is 17.0. The number of benzene rings is 1. The average molecular weight is 386 g/mol. The van der Waals surface area contributed by atoms with Crippen molar-refractivity contribution >= 4 is 23.5 Å². The van der Waals surface area contributed by atoms with Gasteiger partial charge in [-0.1, -0.05) is 12.1 Å². The van der Waals surface area contributed by atoms with Crippen LogP contribution in [0.3, 0.4) is 0 Å². The molecule has 3 rings (SSSR count). The number of nitrogens with zero attached hydrogens (tertiary/aromatic N) is 1. The number of nitrogens with one attached hydrogen (secondary N) is 1. The number of hydrogen-bond donors (Lipinski definition) is 1. The lowest BCUT2D eigenvalue weighted by Gasteiger charge is -2.34. The molecule has 6 nitrogen and oxygen atoms in total. The minimum atomic E-state index is -0.429. The lowest BCUT2D eigenvalue weighted by molar-refractivity contribution is -0.156. The standard InChI is InChI=1S/C22H30N2O4/c1-22(2,3)28-20(26)14-15-10-12-24(13-11-15)17-6-4-16(5-7-17)18-8-9-19(25)23-21(18)27/h4-7,15,18H,8-14H2,1-3H3,(H,23,25,27). The van der Waals surface area contributed by atoms with Gasteiger partial charge in [-0.25, -0.2) is 0 Å². The summed E-state index contributed by atoms with van der Waals surface area (Å²) in [6.07, 6.45) is 3.38. The van der Waals surface area contributed by atoms with Crippen molar-refractivity contribution in [1.29, 1.82) is 0 Å². The summed E-state index contributed by atoms with van der Waals surface area (Å²) >= 11 is 0. The second-order valence-electron chi connectivity index (χ2n) is 8.82. The molecule has 6 heteroatoms. The van der Waals surface area contributed by atoms with Crippen LogP contribution in [0.5, 0.6) is 0 Å². The monoisotopic (exact) mass is 386 g/mol. The van der Waals surface area contributed by atoms with Gasteiger partial charge >= 0.3 is 5.97 Å². The molecule has 2 aliphatic rings. The van der Waals surface area contributed by atoms with Gasteiger partial charge in [0.25, 0.3) is 0 Å². The van der Waals surface area contributed by atoms with E-state index in [4.69, 9.17) is 4.74 Å². The van der Waals surface area contributed by atoms with Crippen molar-refractivity contribution < 1.29 is 19.1 Å². The van der Waals surface area contributed by atoms with Crippen molar-refractivity contribution in [2.75, 3.05) is 18.0 Å². The second kappa shape index (κ2) is 8.33. The summed E-state index contributed by atoms with van der Waals surface area (Å²) < 4.78 is 5.43. The molecule has 0 spiro atoms. The van der Waals surface area contributed by atoms with Gasteiger partial charge in [-0.2, -0.15) is 0 Å². The third kappa shape index (κ3) is 5.33. The van der Waals surface area contributed by atoms with Crippen LogP contribution in [0, 0.1) is 5.92 Å². The van der Waals surface area contributed by atoms with Crippen LogP contribution in [-0.4, -0.2) is 36.5 Å². The molecule has 0 radical (unpaired) electrons. The number of carbonyl (C=O) groups excluding carboxylic acids is 3. The first-order valence-electron chi connectivity index (χ1n) is 10.1. The lowest BCUT2D eigenvalue weighted by Crippen LogP contribution is -2.39. The van der Waals surface area contributed by atoms with Crippen LogP contribution in [0.25, 0.3) is 0 Å². The maximum atomic E-state index is 12.0. The lowest BCUT2D eigenvalue weighted by atomic mass is 9.90. The highest BCUT2D eigenvalue weighted by atomic mass is 16.6. The van der Waals surface area contributed by atoms with Crippen molar-refractivity contribution in [2.45, 2.75) is 64.4 Å². The number of anilines is 1. The van der Waals surface area contributed by atoms with Gasteiger partial charge in [-0.3, -0.25) is 19.7 Å². The molecule has 2 amide bonds. The molecule has 1 unspecified atom stereocenters. The highest BCUT2D eigenvalue weighted by Gasteiger charge is 2.28. The number of carbonyl (C=O) groups is 3. The van der Waals surface area contributed by atoms with Gasteiger partial charge in [0, 0.05) is 31.6 Å². The molecular weight excluding hydrogens is 356 g/mol. The molecule has 1 atom stereocenters. The Kier molecular flexibility index (Phi) is 6.06. The molecule has 2 saturated heterocycles. The Labute approximate surface area is 166 Å².